The van der Waals surface area contributed by atoms with Crippen molar-refractivity contribution in [1.82, 2.24) is 4.90 Å². The minimum absolute atomic E-state index is 0.0532. The lowest BCUT2D eigenvalue weighted by atomic mass is 10.1. The van der Waals surface area contributed by atoms with Gasteiger partial charge in [-0.2, -0.15) is 0 Å². The molecule has 0 aliphatic carbocycles. The van der Waals surface area contributed by atoms with Crippen LogP contribution >= 0.6 is 15.9 Å². The van der Waals surface area contributed by atoms with E-state index in [1.54, 1.807) is 0 Å². The van der Waals surface area contributed by atoms with E-state index in [1.165, 1.54) is 19.4 Å². The zero-order chi connectivity index (χ0) is 13.8. The Labute approximate surface area is 124 Å². The largest absolute Gasteiger partial charge is 0.492 e. The van der Waals surface area contributed by atoms with Crippen LogP contribution in [0.1, 0.15) is 37.8 Å². The van der Waals surface area contributed by atoms with E-state index in [-0.39, 0.29) is 6.04 Å². The molecular formula is C15H23BrN2O. The van der Waals surface area contributed by atoms with Crippen molar-refractivity contribution in [2.24, 2.45) is 5.73 Å². The van der Waals surface area contributed by atoms with Crippen LogP contribution in [-0.2, 0) is 0 Å². The number of nitrogens with two attached hydrogens (primary N) is 1. The van der Waals surface area contributed by atoms with Gasteiger partial charge >= 0.3 is 0 Å². The van der Waals surface area contributed by atoms with Gasteiger partial charge in [0, 0.05) is 12.1 Å². The first kappa shape index (κ1) is 14.8. The molecule has 2 atom stereocenters. The first-order chi connectivity index (χ1) is 9.08. The van der Waals surface area contributed by atoms with Gasteiger partial charge in [0.15, 0.2) is 0 Å². The second-order valence-corrected chi connectivity index (χ2v) is 6.25. The Hall–Kier alpha value is -0.580. The summed E-state index contributed by atoms with van der Waals surface area (Å²) in [5, 5.41) is 0. The van der Waals surface area contributed by atoms with E-state index in [4.69, 9.17) is 10.5 Å². The number of hydrogen-bond acceptors (Lipinski definition) is 3. The molecule has 3 nitrogen and oxygen atoms in total. The quantitative estimate of drug-likeness (QED) is 0.901. The molecular weight excluding hydrogens is 304 g/mol. The molecule has 1 unspecified atom stereocenters. The summed E-state index contributed by atoms with van der Waals surface area (Å²) in [6, 6.07) is 6.81. The Bertz CT molecular complexity index is 423. The minimum Gasteiger partial charge on any atom is -0.492 e. The first-order valence-corrected chi connectivity index (χ1v) is 7.75. The summed E-state index contributed by atoms with van der Waals surface area (Å²) in [4.78, 5) is 2.43. The molecule has 1 aliphatic heterocycles. The standard InChI is InChI=1S/C15H23BrN2O/c1-11(17)12-5-6-15(14(16)10-12)19-9-7-13-4-3-8-18(13)2/h5-6,10-11,13H,3-4,7-9,17H2,1-2H3/t11-,13?/m1/s1. The van der Waals surface area contributed by atoms with E-state index < -0.39 is 0 Å². The number of ether oxygens (including phenoxy) is 1. The van der Waals surface area contributed by atoms with Gasteiger partial charge in [-0.15, -0.1) is 0 Å². The van der Waals surface area contributed by atoms with Crippen LogP contribution in [0, 0.1) is 0 Å². The molecule has 4 heteroatoms. The van der Waals surface area contributed by atoms with Crippen LogP contribution in [0.2, 0.25) is 0 Å². The van der Waals surface area contributed by atoms with Crippen LogP contribution in [-0.4, -0.2) is 31.1 Å². The Morgan fingerprint density at radius 3 is 2.89 bits per heavy atom. The lowest BCUT2D eigenvalue weighted by molar-refractivity contribution is 0.232. The highest BCUT2D eigenvalue weighted by Crippen LogP contribution is 2.28. The molecule has 2 N–H and O–H groups in total. The van der Waals surface area contributed by atoms with E-state index >= 15 is 0 Å². The fourth-order valence-electron chi connectivity index (χ4n) is 2.57. The van der Waals surface area contributed by atoms with Crippen molar-refractivity contribution >= 4 is 15.9 Å². The van der Waals surface area contributed by atoms with Crippen LogP contribution in [0.15, 0.2) is 22.7 Å². The maximum Gasteiger partial charge on any atom is 0.133 e. The Kier molecular flexibility index (Phi) is 5.25. The summed E-state index contributed by atoms with van der Waals surface area (Å²) in [5.41, 5.74) is 6.98. The van der Waals surface area contributed by atoms with Crippen LogP contribution in [0.25, 0.3) is 0 Å². The number of rotatable bonds is 5. The zero-order valence-corrected chi connectivity index (χ0v) is 13.3. The minimum atomic E-state index is 0.0532. The van der Waals surface area contributed by atoms with Crippen molar-refractivity contribution in [3.8, 4) is 5.75 Å². The maximum atomic E-state index is 5.87. The summed E-state index contributed by atoms with van der Waals surface area (Å²) in [5.74, 6) is 0.907. The molecule has 1 aromatic rings. The molecule has 0 amide bonds. The summed E-state index contributed by atoms with van der Waals surface area (Å²) < 4.78 is 6.86. The predicted molar refractivity (Wildman–Crippen MR) is 82.5 cm³/mol. The van der Waals surface area contributed by atoms with Crippen molar-refractivity contribution in [2.75, 3.05) is 20.2 Å². The average molecular weight is 327 g/mol. The van der Waals surface area contributed by atoms with Crippen LogP contribution in [0.4, 0.5) is 0 Å². The van der Waals surface area contributed by atoms with Gasteiger partial charge in [-0.05, 0) is 73.4 Å². The highest BCUT2D eigenvalue weighted by Gasteiger charge is 2.20. The van der Waals surface area contributed by atoms with Crippen molar-refractivity contribution in [2.45, 2.75) is 38.3 Å². The highest BCUT2D eigenvalue weighted by atomic mass is 79.9. The van der Waals surface area contributed by atoms with Crippen LogP contribution in [0.3, 0.4) is 0 Å². The molecule has 0 aromatic heterocycles. The van der Waals surface area contributed by atoms with Crippen molar-refractivity contribution in [3.05, 3.63) is 28.2 Å². The van der Waals surface area contributed by atoms with Crippen molar-refractivity contribution < 1.29 is 4.74 Å². The molecule has 2 rings (SSSR count). The fraction of sp³-hybridized carbons (Fsp3) is 0.600. The maximum absolute atomic E-state index is 5.87. The van der Waals surface area contributed by atoms with Gasteiger partial charge in [0.1, 0.15) is 5.75 Å². The number of nitrogens with zero attached hydrogens (tertiary/aromatic N) is 1. The molecule has 1 aliphatic rings. The Morgan fingerprint density at radius 2 is 2.32 bits per heavy atom. The average Bonchev–Trinajstić information content (AvgIpc) is 2.77. The van der Waals surface area contributed by atoms with Crippen molar-refractivity contribution in [3.63, 3.8) is 0 Å². The summed E-state index contributed by atoms with van der Waals surface area (Å²) in [6.07, 6.45) is 3.70. The van der Waals surface area contributed by atoms with Gasteiger partial charge in [-0.25, -0.2) is 0 Å². The third-order valence-electron chi connectivity index (χ3n) is 3.86. The monoisotopic (exact) mass is 326 g/mol. The van der Waals surface area contributed by atoms with Gasteiger partial charge in [-0.3, -0.25) is 0 Å². The second kappa shape index (κ2) is 6.73. The number of hydrogen-bond donors (Lipinski definition) is 1. The number of likely N-dealkylation sites (tertiary alicyclic amines) is 1. The normalized spacial score (nSPS) is 21.6. The Balaban J connectivity index is 1.86. The molecule has 1 heterocycles. The van der Waals surface area contributed by atoms with Crippen LogP contribution in [0.5, 0.6) is 5.75 Å². The Morgan fingerprint density at radius 1 is 1.53 bits per heavy atom. The van der Waals surface area contributed by atoms with Gasteiger partial charge in [0.05, 0.1) is 11.1 Å². The summed E-state index contributed by atoms with van der Waals surface area (Å²) >= 11 is 3.55. The number of halogens is 1. The fourth-order valence-corrected chi connectivity index (χ4v) is 3.08. The first-order valence-electron chi connectivity index (χ1n) is 6.96. The van der Waals surface area contributed by atoms with E-state index in [0.29, 0.717) is 6.04 Å². The second-order valence-electron chi connectivity index (χ2n) is 5.39. The zero-order valence-electron chi connectivity index (χ0n) is 11.7. The van der Waals surface area contributed by atoms with Crippen LogP contribution < -0.4 is 10.5 Å². The molecule has 0 radical (unpaired) electrons. The highest BCUT2D eigenvalue weighted by molar-refractivity contribution is 9.10. The molecule has 0 bridgehead atoms. The lowest BCUT2D eigenvalue weighted by Crippen LogP contribution is -2.26. The third-order valence-corrected chi connectivity index (χ3v) is 4.48. The summed E-state index contributed by atoms with van der Waals surface area (Å²) in [7, 11) is 2.20. The molecule has 1 fully saturated rings. The van der Waals surface area contributed by atoms with Gasteiger partial charge in [0.2, 0.25) is 0 Å². The van der Waals surface area contributed by atoms with E-state index in [2.05, 4.69) is 27.9 Å². The van der Waals surface area contributed by atoms with Gasteiger partial charge < -0.3 is 15.4 Å². The van der Waals surface area contributed by atoms with E-state index in [0.717, 1.165) is 28.8 Å². The van der Waals surface area contributed by atoms with Gasteiger partial charge in [-0.1, -0.05) is 6.07 Å². The molecule has 1 saturated heterocycles. The summed E-state index contributed by atoms with van der Waals surface area (Å²) in [6.45, 7) is 3.97. The molecule has 1 aromatic carbocycles. The smallest absolute Gasteiger partial charge is 0.133 e. The van der Waals surface area contributed by atoms with Gasteiger partial charge in [0.25, 0.3) is 0 Å². The van der Waals surface area contributed by atoms with E-state index in [9.17, 15) is 0 Å². The SMILES string of the molecule is C[C@@H](N)c1ccc(OCCC2CCCN2C)c(Br)c1. The predicted octanol–water partition coefficient (Wildman–Crippen LogP) is 3.33. The third kappa shape index (κ3) is 3.94. The lowest BCUT2D eigenvalue weighted by Gasteiger charge is -2.19. The molecule has 0 saturated carbocycles. The van der Waals surface area contributed by atoms with E-state index in [1.807, 2.05) is 25.1 Å². The molecule has 106 valence electrons. The topological polar surface area (TPSA) is 38.5 Å². The number of benzene rings is 1. The van der Waals surface area contributed by atoms with Crippen molar-refractivity contribution in [1.29, 1.82) is 0 Å². The molecule has 19 heavy (non-hydrogen) atoms. The molecule has 0 spiro atoms.